The van der Waals surface area contributed by atoms with Crippen molar-refractivity contribution in [1.29, 1.82) is 0 Å². The summed E-state index contributed by atoms with van der Waals surface area (Å²) in [5.41, 5.74) is 0.970. The summed E-state index contributed by atoms with van der Waals surface area (Å²) < 4.78 is 0. The van der Waals surface area contributed by atoms with Crippen molar-refractivity contribution in [2.75, 3.05) is 16.8 Å². The fourth-order valence-corrected chi connectivity index (χ4v) is 2.47. The summed E-state index contributed by atoms with van der Waals surface area (Å²) in [4.78, 5) is 25.3. The molecule has 23 heavy (non-hydrogen) atoms. The molecule has 1 N–H and O–H groups in total. The second kappa shape index (κ2) is 7.68. The van der Waals surface area contributed by atoms with Crippen molar-refractivity contribution < 1.29 is 9.59 Å². The Kier molecular flexibility index (Phi) is 5.88. The number of hydrogen-bond donors (Lipinski definition) is 1. The van der Waals surface area contributed by atoms with E-state index in [1.54, 1.807) is 42.5 Å². The van der Waals surface area contributed by atoms with Crippen molar-refractivity contribution >= 4 is 58.0 Å². The van der Waals surface area contributed by atoms with Crippen LogP contribution in [0, 0.1) is 0 Å². The Labute approximate surface area is 148 Å². The largest absolute Gasteiger partial charge is 0.325 e. The topological polar surface area (TPSA) is 49.4 Å². The van der Waals surface area contributed by atoms with Crippen molar-refractivity contribution in [1.82, 2.24) is 0 Å². The number of carbonyl (C=O) groups is 2. The molecule has 0 radical (unpaired) electrons. The molecule has 0 heterocycles. The SMILES string of the molecule is CC(=O)N(CC(=O)Nc1ccc(Cl)cc1)c1cccc(Cl)c1Cl. The quantitative estimate of drug-likeness (QED) is 0.851. The number of nitrogens with zero attached hydrogens (tertiary/aromatic N) is 1. The zero-order valence-corrected chi connectivity index (χ0v) is 14.4. The minimum Gasteiger partial charge on any atom is -0.325 e. The summed E-state index contributed by atoms with van der Waals surface area (Å²) in [5, 5.41) is 3.80. The fraction of sp³-hybridized carbons (Fsp3) is 0.125. The van der Waals surface area contributed by atoms with Crippen molar-refractivity contribution in [2.45, 2.75) is 6.92 Å². The van der Waals surface area contributed by atoms with Gasteiger partial charge in [0, 0.05) is 17.6 Å². The first-order chi connectivity index (χ1) is 10.9. The van der Waals surface area contributed by atoms with Gasteiger partial charge in [-0.3, -0.25) is 9.59 Å². The van der Waals surface area contributed by atoms with Crippen LogP contribution in [0.25, 0.3) is 0 Å². The van der Waals surface area contributed by atoms with Crippen LogP contribution in [0.1, 0.15) is 6.92 Å². The average molecular weight is 372 g/mol. The minimum absolute atomic E-state index is 0.183. The monoisotopic (exact) mass is 370 g/mol. The van der Waals surface area contributed by atoms with Gasteiger partial charge in [-0.05, 0) is 36.4 Å². The molecular formula is C16H13Cl3N2O2. The van der Waals surface area contributed by atoms with E-state index in [0.717, 1.165) is 0 Å². The summed E-state index contributed by atoms with van der Waals surface area (Å²) >= 11 is 17.9. The Hall–Kier alpha value is -1.75. The summed E-state index contributed by atoms with van der Waals surface area (Å²) in [6, 6.07) is 11.6. The summed E-state index contributed by atoms with van der Waals surface area (Å²) in [7, 11) is 0. The third-order valence-corrected chi connectivity index (χ3v) is 4.09. The number of amides is 2. The van der Waals surface area contributed by atoms with Gasteiger partial charge in [-0.25, -0.2) is 0 Å². The van der Waals surface area contributed by atoms with Gasteiger partial charge >= 0.3 is 0 Å². The Bertz CT molecular complexity index is 733. The van der Waals surface area contributed by atoms with Gasteiger partial charge in [0.1, 0.15) is 6.54 Å². The maximum atomic E-state index is 12.2. The van der Waals surface area contributed by atoms with Crippen LogP contribution in [0.15, 0.2) is 42.5 Å². The van der Waals surface area contributed by atoms with E-state index in [4.69, 9.17) is 34.8 Å². The number of nitrogens with one attached hydrogen (secondary N) is 1. The molecular weight excluding hydrogens is 359 g/mol. The van der Waals surface area contributed by atoms with Crippen LogP contribution in [0.4, 0.5) is 11.4 Å². The van der Waals surface area contributed by atoms with Crippen LogP contribution in [0.5, 0.6) is 0 Å². The van der Waals surface area contributed by atoms with Crippen molar-refractivity contribution in [3.05, 3.63) is 57.5 Å². The lowest BCUT2D eigenvalue weighted by Gasteiger charge is -2.22. The molecule has 0 fully saturated rings. The van der Waals surface area contributed by atoms with E-state index in [-0.39, 0.29) is 23.4 Å². The van der Waals surface area contributed by atoms with E-state index in [1.807, 2.05) is 0 Å². The highest BCUT2D eigenvalue weighted by Gasteiger charge is 2.19. The van der Waals surface area contributed by atoms with Gasteiger partial charge in [-0.2, -0.15) is 0 Å². The van der Waals surface area contributed by atoms with Gasteiger partial charge in [0.25, 0.3) is 0 Å². The Morgan fingerprint density at radius 3 is 2.30 bits per heavy atom. The molecule has 7 heteroatoms. The lowest BCUT2D eigenvalue weighted by atomic mass is 10.2. The predicted octanol–water partition coefficient (Wildman–Crippen LogP) is 4.64. The molecule has 0 unspecified atom stereocenters. The van der Waals surface area contributed by atoms with Gasteiger partial charge in [0.2, 0.25) is 11.8 Å². The number of benzene rings is 2. The third kappa shape index (κ3) is 4.61. The molecule has 120 valence electrons. The lowest BCUT2D eigenvalue weighted by molar-refractivity contribution is -0.120. The molecule has 0 atom stereocenters. The van der Waals surface area contributed by atoms with Crippen LogP contribution in [-0.2, 0) is 9.59 Å². The van der Waals surface area contributed by atoms with Crippen LogP contribution in [0.3, 0.4) is 0 Å². The highest BCUT2D eigenvalue weighted by Crippen LogP contribution is 2.32. The van der Waals surface area contributed by atoms with E-state index in [2.05, 4.69) is 5.32 Å². The number of carbonyl (C=O) groups excluding carboxylic acids is 2. The number of hydrogen-bond acceptors (Lipinski definition) is 2. The zero-order valence-electron chi connectivity index (χ0n) is 12.1. The molecule has 2 rings (SSSR count). The van der Waals surface area contributed by atoms with Gasteiger partial charge in [-0.15, -0.1) is 0 Å². The van der Waals surface area contributed by atoms with E-state index in [9.17, 15) is 9.59 Å². The number of anilines is 2. The lowest BCUT2D eigenvalue weighted by Crippen LogP contribution is -2.36. The summed E-state index contributed by atoms with van der Waals surface area (Å²) in [6.07, 6.45) is 0. The van der Waals surface area contributed by atoms with Gasteiger partial charge in [0.05, 0.1) is 15.7 Å². The van der Waals surface area contributed by atoms with Crippen molar-refractivity contribution in [2.24, 2.45) is 0 Å². The standard InChI is InChI=1S/C16H13Cl3N2O2/c1-10(22)21(14-4-2-3-13(18)16(14)19)9-15(23)20-12-7-5-11(17)6-8-12/h2-8H,9H2,1H3,(H,20,23). The molecule has 2 amide bonds. The first-order valence-corrected chi connectivity index (χ1v) is 7.79. The number of rotatable bonds is 4. The molecule has 0 saturated carbocycles. The second-order valence-electron chi connectivity index (χ2n) is 4.73. The normalized spacial score (nSPS) is 10.3. The fourth-order valence-electron chi connectivity index (χ4n) is 1.94. The van der Waals surface area contributed by atoms with Crippen molar-refractivity contribution in [3.8, 4) is 0 Å². The molecule has 0 saturated heterocycles. The van der Waals surface area contributed by atoms with E-state index in [1.165, 1.54) is 11.8 Å². The van der Waals surface area contributed by atoms with Gasteiger partial charge in [-0.1, -0.05) is 40.9 Å². The van der Waals surface area contributed by atoms with Crippen molar-refractivity contribution in [3.63, 3.8) is 0 Å². The van der Waals surface area contributed by atoms with Crippen LogP contribution in [0.2, 0.25) is 15.1 Å². The van der Waals surface area contributed by atoms with E-state index >= 15 is 0 Å². The molecule has 0 aliphatic heterocycles. The molecule has 4 nitrogen and oxygen atoms in total. The zero-order chi connectivity index (χ0) is 17.0. The highest BCUT2D eigenvalue weighted by atomic mass is 35.5. The molecule has 2 aromatic carbocycles. The van der Waals surface area contributed by atoms with Crippen LogP contribution < -0.4 is 10.2 Å². The van der Waals surface area contributed by atoms with Crippen LogP contribution in [-0.4, -0.2) is 18.4 Å². The Morgan fingerprint density at radius 2 is 1.70 bits per heavy atom. The highest BCUT2D eigenvalue weighted by molar-refractivity contribution is 6.44. The Balaban J connectivity index is 2.16. The first-order valence-electron chi connectivity index (χ1n) is 6.66. The second-order valence-corrected chi connectivity index (χ2v) is 5.95. The van der Waals surface area contributed by atoms with Gasteiger partial charge < -0.3 is 10.2 Å². The summed E-state index contributed by atoms with van der Waals surface area (Å²) in [6.45, 7) is 1.17. The first kappa shape index (κ1) is 17.6. The Morgan fingerprint density at radius 1 is 1.04 bits per heavy atom. The smallest absolute Gasteiger partial charge is 0.244 e. The minimum atomic E-state index is -0.362. The molecule has 0 aliphatic rings. The molecule has 0 aliphatic carbocycles. The molecule has 2 aromatic rings. The average Bonchev–Trinajstić information content (AvgIpc) is 2.50. The summed E-state index contributed by atoms with van der Waals surface area (Å²) in [5.74, 6) is -0.681. The third-order valence-electron chi connectivity index (χ3n) is 3.03. The maximum absolute atomic E-state index is 12.2. The number of halogens is 3. The maximum Gasteiger partial charge on any atom is 0.244 e. The van der Waals surface area contributed by atoms with E-state index < -0.39 is 0 Å². The van der Waals surface area contributed by atoms with E-state index in [0.29, 0.717) is 21.4 Å². The van der Waals surface area contributed by atoms with Gasteiger partial charge in [0.15, 0.2) is 0 Å². The molecule has 0 aromatic heterocycles. The molecule has 0 bridgehead atoms. The molecule has 0 spiro atoms. The predicted molar refractivity (Wildman–Crippen MR) is 94.6 cm³/mol. The van der Waals surface area contributed by atoms with Crippen LogP contribution >= 0.6 is 34.8 Å².